The van der Waals surface area contributed by atoms with Crippen molar-refractivity contribution in [1.82, 2.24) is 9.47 Å². The molecule has 0 radical (unpaired) electrons. The smallest absolute Gasteiger partial charge is 0.431 e. The molecule has 42 heavy (non-hydrogen) atoms. The molecule has 3 aromatic carbocycles. The van der Waals surface area contributed by atoms with Crippen LogP contribution in [0.15, 0.2) is 82.0 Å². The largest absolute Gasteiger partial charge is 0.510 e. The molecule has 1 aliphatic heterocycles. The minimum atomic E-state index is -0.874. The van der Waals surface area contributed by atoms with Crippen molar-refractivity contribution in [2.24, 2.45) is 5.92 Å². The zero-order chi connectivity index (χ0) is 29.6. The normalized spacial score (nSPS) is 16.2. The van der Waals surface area contributed by atoms with Crippen LogP contribution in [-0.2, 0) is 16.0 Å². The van der Waals surface area contributed by atoms with Crippen molar-refractivity contribution in [3.05, 3.63) is 88.9 Å². The predicted molar refractivity (Wildman–Crippen MR) is 166 cm³/mol. The van der Waals surface area contributed by atoms with Gasteiger partial charge in [0.2, 0.25) is 0 Å². The van der Waals surface area contributed by atoms with Crippen LogP contribution < -0.4 is 10.7 Å². The minimum Gasteiger partial charge on any atom is -0.431 e. The van der Waals surface area contributed by atoms with Crippen molar-refractivity contribution >= 4 is 22.9 Å². The van der Waals surface area contributed by atoms with E-state index >= 15 is 0 Å². The van der Waals surface area contributed by atoms with Gasteiger partial charge in [-0.25, -0.2) is 14.2 Å². The number of oxazole rings is 1. The zero-order valence-electron chi connectivity index (χ0n) is 25.0. The fourth-order valence-electron chi connectivity index (χ4n) is 5.69. The van der Waals surface area contributed by atoms with Crippen molar-refractivity contribution in [3.63, 3.8) is 0 Å². The number of piperazine rings is 1. The summed E-state index contributed by atoms with van der Waals surface area (Å²) < 4.78 is 18.0. The lowest BCUT2D eigenvalue weighted by molar-refractivity contribution is -0.0183. The van der Waals surface area contributed by atoms with E-state index in [0.29, 0.717) is 17.0 Å². The van der Waals surface area contributed by atoms with E-state index in [4.69, 9.17) is 13.9 Å². The standard InChI is InChI=1S/C34H41N3O5/c1-5-24(2)21-25(3)40-34(39)41-26(4)37-31-16-10-15-30(32(31)42-33(37)38)36-19-17-35(18-20-36)23-27-11-9-14-29(22-27)28-12-7-6-8-13-28/h6-16,22,24-26H,5,17-21,23H2,1-4H3. The first-order valence-corrected chi connectivity index (χ1v) is 14.9. The maximum Gasteiger partial charge on any atom is 0.510 e. The van der Waals surface area contributed by atoms with Crippen LogP contribution in [0.25, 0.3) is 22.2 Å². The van der Waals surface area contributed by atoms with Gasteiger partial charge in [-0.2, -0.15) is 0 Å². The zero-order valence-corrected chi connectivity index (χ0v) is 25.0. The second-order valence-corrected chi connectivity index (χ2v) is 11.3. The van der Waals surface area contributed by atoms with Crippen molar-refractivity contribution in [1.29, 1.82) is 0 Å². The van der Waals surface area contributed by atoms with Gasteiger partial charge in [-0.3, -0.25) is 4.90 Å². The average molecular weight is 572 g/mol. The lowest BCUT2D eigenvalue weighted by atomic mass is 10.0. The van der Waals surface area contributed by atoms with Gasteiger partial charge < -0.3 is 18.8 Å². The number of rotatable bonds is 10. The van der Waals surface area contributed by atoms with Gasteiger partial charge in [0, 0.05) is 32.7 Å². The number of carbonyl (C=O) groups is 1. The Morgan fingerprint density at radius 1 is 0.881 bits per heavy atom. The Morgan fingerprint density at radius 2 is 1.60 bits per heavy atom. The average Bonchev–Trinajstić information content (AvgIpc) is 3.34. The highest BCUT2D eigenvalue weighted by Gasteiger charge is 2.25. The van der Waals surface area contributed by atoms with Crippen LogP contribution in [0.5, 0.6) is 0 Å². The van der Waals surface area contributed by atoms with E-state index < -0.39 is 18.1 Å². The molecule has 0 amide bonds. The van der Waals surface area contributed by atoms with Gasteiger partial charge in [0.1, 0.15) is 6.10 Å². The number of fused-ring (bicyclic) bond motifs is 1. The van der Waals surface area contributed by atoms with Crippen molar-refractivity contribution in [3.8, 4) is 11.1 Å². The third kappa shape index (κ3) is 6.87. The van der Waals surface area contributed by atoms with Gasteiger partial charge in [0.15, 0.2) is 11.8 Å². The molecule has 8 heteroatoms. The molecule has 5 rings (SSSR count). The molecule has 0 bridgehead atoms. The van der Waals surface area contributed by atoms with Crippen molar-refractivity contribution in [2.75, 3.05) is 31.1 Å². The molecular weight excluding hydrogens is 530 g/mol. The summed E-state index contributed by atoms with van der Waals surface area (Å²) in [6, 6.07) is 24.9. The summed E-state index contributed by atoms with van der Waals surface area (Å²) in [5.41, 5.74) is 5.69. The quantitative estimate of drug-likeness (QED) is 0.188. The number of carbonyl (C=O) groups excluding carboxylic acids is 1. The highest BCUT2D eigenvalue weighted by molar-refractivity contribution is 5.87. The van der Waals surface area contributed by atoms with E-state index in [-0.39, 0.29) is 6.10 Å². The summed E-state index contributed by atoms with van der Waals surface area (Å²) in [5, 5.41) is 0. The summed E-state index contributed by atoms with van der Waals surface area (Å²) >= 11 is 0. The fraction of sp³-hybridized carbons (Fsp3) is 0.412. The molecule has 3 atom stereocenters. The molecule has 222 valence electrons. The Kier molecular flexibility index (Phi) is 9.32. The summed E-state index contributed by atoms with van der Waals surface area (Å²) in [5.74, 6) is -0.126. The third-order valence-electron chi connectivity index (χ3n) is 8.13. The Morgan fingerprint density at radius 3 is 2.33 bits per heavy atom. The number of ether oxygens (including phenoxy) is 2. The molecule has 0 spiro atoms. The monoisotopic (exact) mass is 571 g/mol. The SMILES string of the molecule is CCC(C)CC(C)OC(=O)OC(C)n1c(=O)oc2c(N3CCN(Cc4cccc(-c5ccccc5)c4)CC3)cccc21. The molecule has 0 N–H and O–H groups in total. The topological polar surface area (TPSA) is 77.1 Å². The lowest BCUT2D eigenvalue weighted by Gasteiger charge is -2.36. The highest BCUT2D eigenvalue weighted by atomic mass is 16.7. The summed E-state index contributed by atoms with van der Waals surface area (Å²) in [7, 11) is 0. The van der Waals surface area contributed by atoms with E-state index in [1.807, 2.05) is 31.2 Å². The van der Waals surface area contributed by atoms with E-state index in [1.54, 1.807) is 6.92 Å². The van der Waals surface area contributed by atoms with Gasteiger partial charge >= 0.3 is 11.9 Å². The molecule has 1 aliphatic rings. The number of anilines is 1. The van der Waals surface area contributed by atoms with Gasteiger partial charge in [-0.1, -0.05) is 74.9 Å². The Bertz CT molecular complexity index is 1540. The molecule has 1 aromatic heterocycles. The first-order chi connectivity index (χ1) is 20.3. The van der Waals surface area contributed by atoms with E-state index in [0.717, 1.165) is 51.3 Å². The van der Waals surface area contributed by atoms with Crippen LogP contribution >= 0.6 is 0 Å². The highest BCUT2D eigenvalue weighted by Crippen LogP contribution is 2.29. The third-order valence-corrected chi connectivity index (χ3v) is 8.13. The number of aromatic nitrogens is 1. The van der Waals surface area contributed by atoms with E-state index in [9.17, 15) is 9.59 Å². The maximum atomic E-state index is 12.9. The van der Waals surface area contributed by atoms with Crippen LogP contribution in [0.4, 0.5) is 10.5 Å². The summed E-state index contributed by atoms with van der Waals surface area (Å²) in [6.07, 6.45) is -0.168. The summed E-state index contributed by atoms with van der Waals surface area (Å²) in [6.45, 7) is 12.0. The van der Waals surface area contributed by atoms with E-state index in [2.05, 4.69) is 72.2 Å². The van der Waals surface area contributed by atoms with Crippen molar-refractivity contribution < 1.29 is 18.7 Å². The van der Waals surface area contributed by atoms with Crippen LogP contribution in [0.3, 0.4) is 0 Å². The van der Waals surface area contributed by atoms with Gasteiger partial charge in [-0.15, -0.1) is 0 Å². The Hall–Kier alpha value is -4.04. The first kappa shape index (κ1) is 29.5. The van der Waals surface area contributed by atoms with Crippen molar-refractivity contribution in [2.45, 2.75) is 59.4 Å². The second-order valence-electron chi connectivity index (χ2n) is 11.3. The molecule has 4 aromatic rings. The van der Waals surface area contributed by atoms with Gasteiger partial charge in [0.05, 0.1) is 11.2 Å². The molecule has 2 heterocycles. The molecule has 3 unspecified atom stereocenters. The number of para-hydroxylation sites is 1. The second kappa shape index (κ2) is 13.3. The number of nitrogens with zero attached hydrogens (tertiary/aromatic N) is 3. The van der Waals surface area contributed by atoms with Crippen LogP contribution in [0.1, 0.15) is 52.3 Å². The summed E-state index contributed by atoms with van der Waals surface area (Å²) in [4.78, 5) is 30.1. The van der Waals surface area contributed by atoms with Crippen LogP contribution in [-0.4, -0.2) is 47.9 Å². The number of hydrogen-bond donors (Lipinski definition) is 0. The molecule has 0 aliphatic carbocycles. The molecule has 1 saturated heterocycles. The molecule has 8 nitrogen and oxygen atoms in total. The molecule has 1 fully saturated rings. The van der Waals surface area contributed by atoms with Crippen LogP contribution in [0, 0.1) is 5.92 Å². The Labute approximate surface area is 247 Å². The first-order valence-electron chi connectivity index (χ1n) is 14.9. The maximum absolute atomic E-state index is 12.9. The lowest BCUT2D eigenvalue weighted by Crippen LogP contribution is -2.46. The fourth-order valence-corrected chi connectivity index (χ4v) is 5.69. The van der Waals surface area contributed by atoms with Crippen LogP contribution in [0.2, 0.25) is 0 Å². The molecule has 0 saturated carbocycles. The minimum absolute atomic E-state index is 0.268. The predicted octanol–water partition coefficient (Wildman–Crippen LogP) is 7.08. The number of benzene rings is 3. The van der Waals surface area contributed by atoms with E-state index in [1.165, 1.54) is 21.3 Å². The Balaban J connectivity index is 1.23. The number of hydrogen-bond acceptors (Lipinski definition) is 7. The van der Waals surface area contributed by atoms with Gasteiger partial charge in [-0.05, 0) is 61.1 Å². The van der Waals surface area contributed by atoms with Gasteiger partial charge in [0.25, 0.3) is 0 Å². The molecular formula is C34H41N3O5.